The van der Waals surface area contributed by atoms with Crippen molar-refractivity contribution in [3.05, 3.63) is 24.0 Å². The highest BCUT2D eigenvalue weighted by Crippen LogP contribution is 2.25. The largest absolute Gasteiger partial charge is 0.488 e. The maximum absolute atomic E-state index is 5.85. The lowest BCUT2D eigenvalue weighted by molar-refractivity contribution is 0.207. The van der Waals surface area contributed by atoms with E-state index in [-0.39, 0.29) is 24.8 Å². The molecule has 1 saturated carbocycles. The van der Waals surface area contributed by atoms with Gasteiger partial charge in [0.05, 0.1) is 11.8 Å². The Bertz CT molecular complexity index is 304. The van der Waals surface area contributed by atoms with Crippen LogP contribution in [0, 0.1) is 0 Å². The molecule has 0 amide bonds. The molecule has 1 aromatic rings. The third-order valence-corrected chi connectivity index (χ3v) is 2.64. The van der Waals surface area contributed by atoms with Crippen molar-refractivity contribution >= 4 is 24.8 Å². The summed E-state index contributed by atoms with van der Waals surface area (Å²) in [6.45, 7) is 0.447. The topological polar surface area (TPSA) is 48.1 Å². The minimum Gasteiger partial charge on any atom is -0.488 e. The van der Waals surface area contributed by atoms with Gasteiger partial charge in [0.25, 0.3) is 0 Å². The molecule has 16 heavy (non-hydrogen) atoms. The Morgan fingerprint density at radius 1 is 1.31 bits per heavy atom. The van der Waals surface area contributed by atoms with E-state index in [2.05, 4.69) is 4.98 Å². The van der Waals surface area contributed by atoms with Crippen molar-refractivity contribution in [2.75, 3.05) is 0 Å². The molecule has 0 unspecified atom stereocenters. The van der Waals surface area contributed by atoms with E-state index in [1.807, 2.05) is 12.1 Å². The third-order valence-electron chi connectivity index (χ3n) is 2.64. The highest BCUT2D eigenvalue weighted by atomic mass is 35.5. The van der Waals surface area contributed by atoms with E-state index in [0.717, 1.165) is 11.4 Å². The molecule has 1 aliphatic rings. The molecule has 2 rings (SSSR count). The lowest BCUT2D eigenvalue weighted by atomic mass is 10.3. The maximum Gasteiger partial charge on any atom is 0.142 e. The average molecular weight is 265 g/mol. The number of hydrogen-bond acceptors (Lipinski definition) is 3. The Labute approximate surface area is 109 Å². The summed E-state index contributed by atoms with van der Waals surface area (Å²) in [5, 5.41) is 0. The molecular formula is C11H18Cl2N2O. The van der Waals surface area contributed by atoms with Gasteiger partial charge >= 0.3 is 0 Å². The highest BCUT2D eigenvalue weighted by Gasteiger charge is 2.17. The summed E-state index contributed by atoms with van der Waals surface area (Å²) >= 11 is 0. The second kappa shape index (κ2) is 7.71. The number of pyridine rings is 1. The molecule has 0 spiro atoms. The van der Waals surface area contributed by atoms with E-state index in [0.29, 0.717) is 12.6 Å². The van der Waals surface area contributed by atoms with Crippen LogP contribution in [-0.4, -0.2) is 11.1 Å². The smallest absolute Gasteiger partial charge is 0.142 e. The van der Waals surface area contributed by atoms with Gasteiger partial charge in [0, 0.05) is 12.7 Å². The lowest BCUT2D eigenvalue weighted by Gasteiger charge is -2.14. The van der Waals surface area contributed by atoms with Crippen LogP contribution in [0.3, 0.4) is 0 Å². The number of rotatable bonds is 3. The predicted octanol–water partition coefficient (Wildman–Crippen LogP) is 2.71. The number of hydrogen-bond donors (Lipinski definition) is 1. The molecule has 0 saturated heterocycles. The molecule has 0 aromatic carbocycles. The Kier molecular flexibility index (Phi) is 7.47. The summed E-state index contributed by atoms with van der Waals surface area (Å²) in [6.07, 6.45) is 7.03. The SMILES string of the molecule is Cl.Cl.NCc1ncccc1OC1CCCC1. The molecular weight excluding hydrogens is 247 g/mol. The van der Waals surface area contributed by atoms with Crippen LogP contribution in [0.15, 0.2) is 18.3 Å². The standard InChI is InChI=1S/C11H16N2O.2ClH/c12-8-10-11(6-3-7-13-10)14-9-4-1-2-5-9;;/h3,6-7,9H,1-2,4-5,8,12H2;2*1H. The molecule has 0 bridgehead atoms. The van der Waals surface area contributed by atoms with Crippen LogP contribution in [0.1, 0.15) is 31.4 Å². The minimum atomic E-state index is 0. The predicted molar refractivity (Wildman–Crippen MR) is 69.5 cm³/mol. The van der Waals surface area contributed by atoms with Crippen LogP contribution in [-0.2, 0) is 6.54 Å². The second-order valence-corrected chi connectivity index (χ2v) is 3.68. The maximum atomic E-state index is 5.85. The first-order chi connectivity index (χ1) is 6.90. The van der Waals surface area contributed by atoms with Crippen molar-refractivity contribution < 1.29 is 4.74 Å². The zero-order chi connectivity index (χ0) is 9.80. The minimum absolute atomic E-state index is 0. The van der Waals surface area contributed by atoms with Crippen molar-refractivity contribution in [1.29, 1.82) is 0 Å². The summed E-state index contributed by atoms with van der Waals surface area (Å²) in [5.41, 5.74) is 6.44. The van der Waals surface area contributed by atoms with Crippen LogP contribution in [0.25, 0.3) is 0 Å². The zero-order valence-electron chi connectivity index (χ0n) is 9.09. The molecule has 0 radical (unpaired) electrons. The fourth-order valence-electron chi connectivity index (χ4n) is 1.87. The summed E-state index contributed by atoms with van der Waals surface area (Å²) in [6, 6.07) is 3.84. The second-order valence-electron chi connectivity index (χ2n) is 3.68. The normalized spacial score (nSPS) is 15.1. The van der Waals surface area contributed by atoms with Gasteiger partial charge in [-0.3, -0.25) is 4.98 Å². The van der Waals surface area contributed by atoms with Crippen LogP contribution in [0.4, 0.5) is 0 Å². The van der Waals surface area contributed by atoms with Crippen LogP contribution >= 0.6 is 24.8 Å². The van der Waals surface area contributed by atoms with Gasteiger partial charge in [-0.25, -0.2) is 0 Å². The third kappa shape index (κ3) is 3.81. The molecule has 5 heteroatoms. The quantitative estimate of drug-likeness (QED) is 0.914. The first-order valence-corrected chi connectivity index (χ1v) is 5.21. The summed E-state index contributed by atoms with van der Waals surface area (Å²) in [4.78, 5) is 4.19. The molecule has 1 fully saturated rings. The van der Waals surface area contributed by atoms with E-state index in [1.54, 1.807) is 6.20 Å². The van der Waals surface area contributed by atoms with E-state index >= 15 is 0 Å². The molecule has 1 heterocycles. The first-order valence-electron chi connectivity index (χ1n) is 5.21. The number of nitrogens with two attached hydrogens (primary N) is 1. The van der Waals surface area contributed by atoms with Crippen LogP contribution in [0.2, 0.25) is 0 Å². The molecule has 0 atom stereocenters. The fraction of sp³-hybridized carbons (Fsp3) is 0.545. The van der Waals surface area contributed by atoms with Crippen molar-refractivity contribution in [1.82, 2.24) is 4.98 Å². The molecule has 3 nitrogen and oxygen atoms in total. The molecule has 92 valence electrons. The van der Waals surface area contributed by atoms with Gasteiger partial charge in [-0.2, -0.15) is 0 Å². The monoisotopic (exact) mass is 264 g/mol. The number of ether oxygens (including phenoxy) is 1. The average Bonchev–Trinajstić information content (AvgIpc) is 2.71. The van der Waals surface area contributed by atoms with E-state index in [1.165, 1.54) is 25.7 Å². The number of nitrogens with zero attached hydrogens (tertiary/aromatic N) is 1. The Morgan fingerprint density at radius 2 is 2.00 bits per heavy atom. The van der Waals surface area contributed by atoms with Crippen molar-refractivity contribution in [2.45, 2.75) is 38.3 Å². The summed E-state index contributed by atoms with van der Waals surface area (Å²) in [5.74, 6) is 0.863. The van der Waals surface area contributed by atoms with E-state index in [9.17, 15) is 0 Å². The summed E-state index contributed by atoms with van der Waals surface area (Å²) in [7, 11) is 0. The Balaban J connectivity index is 0.00000112. The van der Waals surface area contributed by atoms with Gasteiger partial charge in [0.2, 0.25) is 0 Å². The van der Waals surface area contributed by atoms with Crippen molar-refractivity contribution in [3.8, 4) is 5.75 Å². The van der Waals surface area contributed by atoms with Gasteiger partial charge in [0.15, 0.2) is 0 Å². The zero-order valence-corrected chi connectivity index (χ0v) is 10.7. The van der Waals surface area contributed by atoms with Gasteiger partial charge in [-0.15, -0.1) is 24.8 Å². The van der Waals surface area contributed by atoms with Gasteiger partial charge < -0.3 is 10.5 Å². The van der Waals surface area contributed by atoms with Crippen LogP contribution in [0.5, 0.6) is 5.75 Å². The Hall–Kier alpha value is -0.510. The van der Waals surface area contributed by atoms with Crippen LogP contribution < -0.4 is 10.5 Å². The molecule has 1 aliphatic carbocycles. The molecule has 2 N–H and O–H groups in total. The van der Waals surface area contributed by atoms with Crippen molar-refractivity contribution in [3.63, 3.8) is 0 Å². The molecule has 1 aromatic heterocycles. The first kappa shape index (κ1) is 15.5. The molecule has 0 aliphatic heterocycles. The highest BCUT2D eigenvalue weighted by molar-refractivity contribution is 5.85. The van der Waals surface area contributed by atoms with Crippen molar-refractivity contribution in [2.24, 2.45) is 5.73 Å². The number of halogens is 2. The summed E-state index contributed by atoms with van der Waals surface area (Å²) < 4.78 is 5.85. The number of aromatic nitrogens is 1. The van der Waals surface area contributed by atoms with Gasteiger partial charge in [-0.05, 0) is 37.8 Å². The van der Waals surface area contributed by atoms with E-state index in [4.69, 9.17) is 10.5 Å². The lowest BCUT2D eigenvalue weighted by Crippen LogP contribution is -2.13. The van der Waals surface area contributed by atoms with Gasteiger partial charge in [-0.1, -0.05) is 0 Å². The van der Waals surface area contributed by atoms with E-state index < -0.39 is 0 Å². The Morgan fingerprint density at radius 3 is 2.62 bits per heavy atom. The van der Waals surface area contributed by atoms with Gasteiger partial charge in [0.1, 0.15) is 5.75 Å². The fourth-order valence-corrected chi connectivity index (χ4v) is 1.87.